The maximum Gasteiger partial charge on any atom is 0.236 e. The first-order valence-electron chi connectivity index (χ1n) is 9.75. The van der Waals surface area contributed by atoms with E-state index in [9.17, 15) is 4.79 Å². The molecule has 0 spiro atoms. The third-order valence-corrected chi connectivity index (χ3v) is 5.53. The Hall–Kier alpha value is -2.71. The van der Waals surface area contributed by atoms with E-state index in [1.165, 1.54) is 0 Å². The van der Waals surface area contributed by atoms with Crippen molar-refractivity contribution in [3.05, 3.63) is 30.6 Å². The van der Waals surface area contributed by atoms with E-state index in [1.807, 2.05) is 29.2 Å². The molecule has 0 aliphatic carbocycles. The lowest BCUT2D eigenvalue weighted by atomic mass is 10.2. The number of furan rings is 1. The van der Waals surface area contributed by atoms with Gasteiger partial charge in [0.1, 0.15) is 17.4 Å². The fourth-order valence-electron chi connectivity index (χ4n) is 3.96. The molecule has 4 heterocycles. The van der Waals surface area contributed by atoms with Crippen LogP contribution in [0.25, 0.3) is 22.1 Å². The van der Waals surface area contributed by atoms with Gasteiger partial charge in [-0.2, -0.15) is 0 Å². The molecule has 2 aromatic heterocycles. The van der Waals surface area contributed by atoms with E-state index in [2.05, 4.69) is 19.8 Å². The summed E-state index contributed by atoms with van der Waals surface area (Å²) in [4.78, 5) is 27.7. The van der Waals surface area contributed by atoms with Crippen molar-refractivity contribution in [1.82, 2.24) is 19.8 Å². The number of piperazine rings is 1. The van der Waals surface area contributed by atoms with Crippen molar-refractivity contribution in [1.29, 1.82) is 0 Å². The van der Waals surface area contributed by atoms with Gasteiger partial charge in [-0.25, -0.2) is 9.97 Å². The number of fused-ring (bicyclic) bond motifs is 3. The number of hydrogen-bond acceptors (Lipinski definition) is 7. The van der Waals surface area contributed by atoms with E-state index in [0.717, 1.165) is 54.1 Å². The molecule has 28 heavy (non-hydrogen) atoms. The lowest BCUT2D eigenvalue weighted by molar-refractivity contribution is -0.136. The Kier molecular flexibility index (Phi) is 4.58. The fraction of sp³-hybridized carbons (Fsp3) is 0.450. The molecule has 1 amide bonds. The largest absolute Gasteiger partial charge is 0.450 e. The van der Waals surface area contributed by atoms with Crippen LogP contribution in [0.5, 0.6) is 0 Å². The molecule has 8 nitrogen and oxygen atoms in total. The topological polar surface area (TPSA) is 74.9 Å². The van der Waals surface area contributed by atoms with Gasteiger partial charge in [-0.3, -0.25) is 9.69 Å². The number of aromatic nitrogens is 2. The van der Waals surface area contributed by atoms with Crippen LogP contribution < -0.4 is 4.90 Å². The summed E-state index contributed by atoms with van der Waals surface area (Å²) in [6.45, 7) is 6.40. The Morgan fingerprint density at radius 1 is 1.00 bits per heavy atom. The maximum atomic E-state index is 12.5. The van der Waals surface area contributed by atoms with Gasteiger partial charge in [0.2, 0.25) is 5.91 Å². The van der Waals surface area contributed by atoms with Crippen molar-refractivity contribution in [3.63, 3.8) is 0 Å². The summed E-state index contributed by atoms with van der Waals surface area (Å²) in [5.41, 5.74) is 2.42. The highest BCUT2D eigenvalue weighted by Gasteiger charge is 2.25. The first-order chi connectivity index (χ1) is 13.8. The molecule has 1 aromatic carbocycles. The molecule has 8 heteroatoms. The van der Waals surface area contributed by atoms with Gasteiger partial charge in [-0.15, -0.1) is 0 Å². The average Bonchev–Trinajstić information content (AvgIpc) is 3.14. The first kappa shape index (κ1) is 17.4. The Balaban J connectivity index is 1.28. The van der Waals surface area contributed by atoms with Crippen molar-refractivity contribution in [2.45, 2.75) is 0 Å². The highest BCUT2D eigenvalue weighted by molar-refractivity contribution is 6.05. The van der Waals surface area contributed by atoms with Gasteiger partial charge in [0.15, 0.2) is 11.4 Å². The zero-order valence-corrected chi connectivity index (χ0v) is 15.7. The van der Waals surface area contributed by atoms with Crippen LogP contribution in [0.3, 0.4) is 0 Å². The van der Waals surface area contributed by atoms with Crippen molar-refractivity contribution in [2.75, 3.05) is 63.9 Å². The number of rotatable bonds is 3. The number of morpholine rings is 1. The summed E-state index contributed by atoms with van der Waals surface area (Å²) in [6, 6.07) is 7.93. The molecule has 0 atom stereocenters. The van der Waals surface area contributed by atoms with Crippen LogP contribution in [0, 0.1) is 0 Å². The summed E-state index contributed by atoms with van der Waals surface area (Å²) >= 11 is 0. The number of nitrogens with zero attached hydrogens (tertiary/aromatic N) is 5. The molecule has 5 rings (SSSR count). The second-order valence-corrected chi connectivity index (χ2v) is 7.23. The van der Waals surface area contributed by atoms with Crippen molar-refractivity contribution >= 4 is 33.8 Å². The molecule has 2 saturated heterocycles. The maximum absolute atomic E-state index is 12.5. The normalized spacial score (nSPS) is 18.9. The van der Waals surface area contributed by atoms with Crippen molar-refractivity contribution < 1.29 is 13.9 Å². The summed E-state index contributed by atoms with van der Waals surface area (Å²) < 4.78 is 11.4. The summed E-state index contributed by atoms with van der Waals surface area (Å²) in [5, 5.41) is 1.01. The number of para-hydroxylation sites is 1. The van der Waals surface area contributed by atoms with Crippen LogP contribution in [-0.4, -0.2) is 84.7 Å². The van der Waals surface area contributed by atoms with Crippen LogP contribution in [0.15, 0.2) is 35.0 Å². The number of hydrogen-bond donors (Lipinski definition) is 0. The highest BCUT2D eigenvalue weighted by atomic mass is 16.5. The predicted octanol–water partition coefficient (Wildman–Crippen LogP) is 1.36. The highest BCUT2D eigenvalue weighted by Crippen LogP contribution is 2.32. The average molecular weight is 381 g/mol. The van der Waals surface area contributed by atoms with Gasteiger partial charge in [-0.1, -0.05) is 12.1 Å². The molecule has 3 aromatic rings. The van der Waals surface area contributed by atoms with E-state index in [-0.39, 0.29) is 5.91 Å². The fourth-order valence-corrected chi connectivity index (χ4v) is 3.96. The van der Waals surface area contributed by atoms with Gasteiger partial charge in [0.05, 0.1) is 19.8 Å². The molecule has 0 unspecified atom stereocenters. The molecule has 146 valence electrons. The summed E-state index contributed by atoms with van der Waals surface area (Å²) in [6.07, 6.45) is 1.61. The number of anilines is 1. The van der Waals surface area contributed by atoms with Crippen LogP contribution in [0.4, 0.5) is 5.82 Å². The van der Waals surface area contributed by atoms with Gasteiger partial charge in [0.25, 0.3) is 0 Å². The smallest absolute Gasteiger partial charge is 0.236 e. The molecule has 0 saturated carbocycles. The molecule has 2 aliphatic rings. The Morgan fingerprint density at radius 3 is 2.61 bits per heavy atom. The second kappa shape index (κ2) is 7.37. The van der Waals surface area contributed by atoms with E-state index < -0.39 is 0 Å². The Bertz CT molecular complexity index is 990. The zero-order chi connectivity index (χ0) is 18.9. The summed E-state index contributed by atoms with van der Waals surface area (Å²) in [5.74, 6) is 1.03. The molecular weight excluding hydrogens is 358 g/mol. The third-order valence-electron chi connectivity index (χ3n) is 5.53. The van der Waals surface area contributed by atoms with E-state index in [0.29, 0.717) is 32.8 Å². The predicted molar refractivity (Wildman–Crippen MR) is 105 cm³/mol. The number of benzene rings is 1. The van der Waals surface area contributed by atoms with E-state index in [1.54, 1.807) is 6.33 Å². The summed E-state index contributed by atoms with van der Waals surface area (Å²) in [7, 11) is 0. The lowest BCUT2D eigenvalue weighted by Crippen LogP contribution is -2.51. The number of carbonyl (C=O) groups is 1. The first-order valence-corrected chi connectivity index (χ1v) is 9.75. The quantitative estimate of drug-likeness (QED) is 0.678. The Labute approximate surface area is 162 Å². The minimum atomic E-state index is 0.193. The standard InChI is InChI=1S/C20H23N5O3/c26-17(24-9-11-27-12-10-24)13-23-5-7-25(8-6-23)20-19-18(21-14-22-20)15-3-1-2-4-16(15)28-19/h1-4,14H,5-13H2. The second-order valence-electron chi connectivity index (χ2n) is 7.23. The van der Waals surface area contributed by atoms with E-state index >= 15 is 0 Å². The van der Waals surface area contributed by atoms with Crippen LogP contribution in [0.1, 0.15) is 0 Å². The molecule has 0 N–H and O–H groups in total. The Morgan fingerprint density at radius 2 is 1.79 bits per heavy atom. The minimum Gasteiger partial charge on any atom is -0.450 e. The number of amides is 1. The molecule has 0 bridgehead atoms. The van der Waals surface area contributed by atoms with Crippen LogP contribution in [0.2, 0.25) is 0 Å². The van der Waals surface area contributed by atoms with Gasteiger partial charge in [-0.05, 0) is 12.1 Å². The van der Waals surface area contributed by atoms with Crippen LogP contribution >= 0.6 is 0 Å². The lowest BCUT2D eigenvalue weighted by Gasteiger charge is -2.36. The SMILES string of the molecule is O=C(CN1CCN(c2ncnc3c2oc2ccccc23)CC1)N1CCOCC1. The van der Waals surface area contributed by atoms with Gasteiger partial charge >= 0.3 is 0 Å². The number of ether oxygens (including phenoxy) is 1. The molecule has 2 fully saturated rings. The van der Waals surface area contributed by atoms with E-state index in [4.69, 9.17) is 9.15 Å². The third kappa shape index (κ3) is 3.18. The molecular formula is C20H23N5O3. The van der Waals surface area contributed by atoms with Gasteiger partial charge < -0.3 is 19.0 Å². The molecule has 2 aliphatic heterocycles. The van der Waals surface area contributed by atoms with Crippen LogP contribution in [-0.2, 0) is 9.53 Å². The molecule has 0 radical (unpaired) electrons. The van der Waals surface area contributed by atoms with Gasteiger partial charge in [0, 0.05) is 44.7 Å². The number of carbonyl (C=O) groups excluding carboxylic acids is 1. The monoisotopic (exact) mass is 381 g/mol. The van der Waals surface area contributed by atoms with Crippen molar-refractivity contribution in [2.24, 2.45) is 0 Å². The minimum absolute atomic E-state index is 0.193. The zero-order valence-electron chi connectivity index (χ0n) is 15.7. The van der Waals surface area contributed by atoms with Crippen molar-refractivity contribution in [3.8, 4) is 0 Å².